The number of fused-ring (bicyclic) bond motifs is 1. The van der Waals surface area contributed by atoms with E-state index in [4.69, 9.17) is 30.4 Å². The van der Waals surface area contributed by atoms with Crippen LogP contribution >= 0.6 is 0 Å². The molecule has 0 aromatic heterocycles. The molecule has 6 atom stereocenters. The largest absolute Gasteiger partial charge is 0.354 e. The summed E-state index contributed by atoms with van der Waals surface area (Å²) in [7, 11) is 1.55. The van der Waals surface area contributed by atoms with Gasteiger partial charge >= 0.3 is 0 Å². The van der Waals surface area contributed by atoms with Gasteiger partial charge in [-0.25, -0.2) is 0 Å². The van der Waals surface area contributed by atoms with E-state index in [2.05, 4.69) is 0 Å². The Labute approximate surface area is 117 Å². The third-order valence-corrected chi connectivity index (χ3v) is 3.81. The Morgan fingerprint density at radius 2 is 1.85 bits per heavy atom. The summed E-state index contributed by atoms with van der Waals surface area (Å²) in [5.74, 6) is 0. The van der Waals surface area contributed by atoms with Gasteiger partial charge in [0.05, 0.1) is 18.7 Å². The molecule has 0 spiro atoms. The zero-order valence-electron chi connectivity index (χ0n) is 11.3. The summed E-state index contributed by atoms with van der Waals surface area (Å²) in [5, 5.41) is 0. The summed E-state index contributed by atoms with van der Waals surface area (Å²) in [6.07, 6.45) is -1.50. The molecule has 3 rings (SSSR count). The van der Waals surface area contributed by atoms with Crippen LogP contribution < -0.4 is 11.5 Å². The summed E-state index contributed by atoms with van der Waals surface area (Å²) >= 11 is 0. The molecule has 2 aliphatic heterocycles. The van der Waals surface area contributed by atoms with Crippen LogP contribution in [0.3, 0.4) is 0 Å². The molecule has 2 heterocycles. The molecule has 2 aliphatic rings. The Morgan fingerprint density at radius 3 is 2.55 bits per heavy atom. The van der Waals surface area contributed by atoms with Crippen molar-refractivity contribution >= 4 is 0 Å². The van der Waals surface area contributed by atoms with Gasteiger partial charge in [0.25, 0.3) is 0 Å². The van der Waals surface area contributed by atoms with E-state index in [0.717, 1.165) is 5.56 Å². The van der Waals surface area contributed by atoms with Gasteiger partial charge in [-0.3, -0.25) is 0 Å². The number of hydrogen-bond donors (Lipinski definition) is 2. The standard InChI is InChI=1S/C14H20N2O4/c1-17-14-11(16)10(15)12-9(19-14)7-18-13(20-12)8-5-3-2-4-6-8/h2-6,9-14H,7,15-16H2,1H3/t9-,10-,11+,12-,13?,14+/m1/s1. The minimum atomic E-state index is -0.522. The summed E-state index contributed by atoms with van der Waals surface area (Å²) in [5.41, 5.74) is 13.2. The first kappa shape index (κ1) is 13.9. The molecule has 0 radical (unpaired) electrons. The van der Waals surface area contributed by atoms with Gasteiger partial charge in [0.1, 0.15) is 12.2 Å². The first-order valence-electron chi connectivity index (χ1n) is 6.72. The van der Waals surface area contributed by atoms with Gasteiger partial charge in [0, 0.05) is 12.7 Å². The van der Waals surface area contributed by atoms with Crippen molar-refractivity contribution in [3.63, 3.8) is 0 Å². The van der Waals surface area contributed by atoms with E-state index in [0.29, 0.717) is 6.61 Å². The van der Waals surface area contributed by atoms with Gasteiger partial charge in [0.15, 0.2) is 12.6 Å². The Bertz CT molecular complexity index is 442. The fourth-order valence-electron chi connectivity index (χ4n) is 2.66. The smallest absolute Gasteiger partial charge is 0.184 e. The van der Waals surface area contributed by atoms with Gasteiger partial charge in [-0.2, -0.15) is 0 Å². The Hall–Kier alpha value is -1.02. The van der Waals surface area contributed by atoms with E-state index in [1.165, 1.54) is 0 Å². The number of ether oxygens (including phenoxy) is 4. The first-order chi connectivity index (χ1) is 9.70. The average molecular weight is 280 g/mol. The fraction of sp³-hybridized carbons (Fsp3) is 0.571. The lowest BCUT2D eigenvalue weighted by Gasteiger charge is -2.47. The molecule has 1 aromatic carbocycles. The summed E-state index contributed by atoms with van der Waals surface area (Å²) < 4.78 is 22.6. The van der Waals surface area contributed by atoms with Gasteiger partial charge in [-0.05, 0) is 0 Å². The molecule has 0 bridgehead atoms. The molecule has 20 heavy (non-hydrogen) atoms. The van der Waals surface area contributed by atoms with Gasteiger partial charge in [-0.15, -0.1) is 0 Å². The number of nitrogens with two attached hydrogens (primary N) is 2. The molecular weight excluding hydrogens is 260 g/mol. The quantitative estimate of drug-likeness (QED) is 0.800. The number of methoxy groups -OCH3 is 1. The third-order valence-electron chi connectivity index (χ3n) is 3.81. The van der Waals surface area contributed by atoms with Crippen molar-refractivity contribution < 1.29 is 18.9 Å². The van der Waals surface area contributed by atoms with Crippen molar-refractivity contribution in [2.24, 2.45) is 11.5 Å². The van der Waals surface area contributed by atoms with Crippen molar-refractivity contribution in [2.45, 2.75) is 36.9 Å². The number of benzene rings is 1. The van der Waals surface area contributed by atoms with Gasteiger partial charge in [0.2, 0.25) is 0 Å². The second-order valence-electron chi connectivity index (χ2n) is 5.11. The van der Waals surface area contributed by atoms with Crippen LogP contribution in [0.15, 0.2) is 30.3 Å². The molecule has 6 heteroatoms. The van der Waals surface area contributed by atoms with Crippen LogP contribution in [-0.2, 0) is 18.9 Å². The maximum atomic E-state index is 6.17. The highest BCUT2D eigenvalue weighted by Gasteiger charge is 2.47. The molecule has 1 aromatic rings. The molecule has 0 amide bonds. The molecule has 0 aliphatic carbocycles. The SMILES string of the molecule is CO[C@H]1O[C@@H]2COC(c3ccccc3)O[C@H]2[C@H](N)[C@@H]1N. The van der Waals surface area contributed by atoms with Crippen molar-refractivity contribution in [3.8, 4) is 0 Å². The van der Waals surface area contributed by atoms with E-state index < -0.39 is 18.6 Å². The van der Waals surface area contributed by atoms with Crippen LogP contribution in [0.25, 0.3) is 0 Å². The molecule has 2 fully saturated rings. The lowest BCUT2D eigenvalue weighted by molar-refractivity contribution is -0.321. The predicted octanol–water partition coefficient (Wildman–Crippen LogP) is 0.127. The van der Waals surface area contributed by atoms with Crippen LogP contribution in [0.5, 0.6) is 0 Å². The van der Waals surface area contributed by atoms with Gasteiger partial charge in [-0.1, -0.05) is 30.3 Å². The third kappa shape index (κ3) is 2.46. The van der Waals surface area contributed by atoms with Crippen LogP contribution in [0.2, 0.25) is 0 Å². The number of hydrogen-bond acceptors (Lipinski definition) is 6. The van der Waals surface area contributed by atoms with E-state index in [-0.39, 0.29) is 18.2 Å². The lowest BCUT2D eigenvalue weighted by Crippen LogP contribution is -2.67. The summed E-state index contributed by atoms with van der Waals surface area (Å²) in [4.78, 5) is 0. The lowest BCUT2D eigenvalue weighted by atomic mass is 9.94. The maximum absolute atomic E-state index is 6.17. The Morgan fingerprint density at radius 1 is 1.10 bits per heavy atom. The summed E-state index contributed by atoms with van der Waals surface area (Å²) in [6.45, 7) is 0.407. The van der Waals surface area contributed by atoms with Crippen LogP contribution in [0, 0.1) is 0 Å². The van der Waals surface area contributed by atoms with E-state index in [1.54, 1.807) is 7.11 Å². The second-order valence-corrected chi connectivity index (χ2v) is 5.11. The molecule has 2 saturated heterocycles. The van der Waals surface area contributed by atoms with E-state index >= 15 is 0 Å². The summed E-state index contributed by atoms with van der Waals surface area (Å²) in [6, 6.07) is 8.97. The predicted molar refractivity (Wildman–Crippen MR) is 71.6 cm³/mol. The Kier molecular flexibility index (Phi) is 4.02. The topological polar surface area (TPSA) is 89.0 Å². The van der Waals surface area contributed by atoms with E-state index in [1.807, 2.05) is 30.3 Å². The number of rotatable bonds is 2. The first-order valence-corrected chi connectivity index (χ1v) is 6.72. The Balaban J connectivity index is 1.74. The zero-order valence-corrected chi connectivity index (χ0v) is 11.3. The van der Waals surface area contributed by atoms with Gasteiger partial charge < -0.3 is 30.4 Å². The molecule has 6 nitrogen and oxygen atoms in total. The minimum absolute atomic E-state index is 0.255. The van der Waals surface area contributed by atoms with Crippen molar-refractivity contribution in [2.75, 3.05) is 13.7 Å². The molecule has 4 N–H and O–H groups in total. The minimum Gasteiger partial charge on any atom is -0.354 e. The van der Waals surface area contributed by atoms with Crippen molar-refractivity contribution in [1.82, 2.24) is 0 Å². The average Bonchev–Trinajstić information content (AvgIpc) is 2.51. The van der Waals surface area contributed by atoms with Crippen LogP contribution in [0.4, 0.5) is 0 Å². The second kappa shape index (κ2) is 5.77. The fourth-order valence-corrected chi connectivity index (χ4v) is 2.66. The zero-order chi connectivity index (χ0) is 14.1. The normalized spacial score (nSPS) is 41.1. The van der Waals surface area contributed by atoms with E-state index in [9.17, 15) is 0 Å². The molecule has 1 unspecified atom stereocenters. The monoisotopic (exact) mass is 280 g/mol. The van der Waals surface area contributed by atoms with Crippen molar-refractivity contribution in [3.05, 3.63) is 35.9 Å². The molecule has 0 saturated carbocycles. The maximum Gasteiger partial charge on any atom is 0.184 e. The van der Waals surface area contributed by atoms with Crippen molar-refractivity contribution in [1.29, 1.82) is 0 Å². The highest BCUT2D eigenvalue weighted by molar-refractivity contribution is 5.16. The molecular formula is C14H20N2O4. The highest BCUT2D eigenvalue weighted by Crippen LogP contribution is 2.32. The highest BCUT2D eigenvalue weighted by atomic mass is 16.7. The van der Waals surface area contributed by atoms with Crippen LogP contribution in [0.1, 0.15) is 11.9 Å². The molecule has 110 valence electrons. The van der Waals surface area contributed by atoms with Crippen LogP contribution in [-0.4, -0.2) is 44.3 Å².